The maximum Gasteiger partial charge on any atom is 0.144 e. The van der Waals surface area contributed by atoms with Crippen LogP contribution in [0.15, 0.2) is 24.4 Å². The van der Waals surface area contributed by atoms with Crippen LogP contribution in [0.3, 0.4) is 0 Å². The number of hydrogen-bond donors (Lipinski definition) is 2. The van der Waals surface area contributed by atoms with Crippen molar-refractivity contribution in [1.29, 1.82) is 5.41 Å². The number of halogens is 1. The monoisotopic (exact) mass is 264 g/mol. The normalized spacial score (nSPS) is 10.4. The minimum atomic E-state index is -0.0141. The standard InChI is InChI=1S/C12H13ClN4O/c1-7-9(12(14)15)6-16-17(7)10-5-8(13)3-4-11(10)18-2/h3-6H,1-2H3,(H3,14,15). The Morgan fingerprint density at radius 3 is 2.78 bits per heavy atom. The van der Waals surface area contributed by atoms with E-state index in [9.17, 15) is 0 Å². The molecule has 0 spiro atoms. The number of ether oxygens (including phenoxy) is 1. The average molecular weight is 265 g/mol. The van der Waals surface area contributed by atoms with Crippen molar-refractivity contribution in [2.24, 2.45) is 5.73 Å². The third kappa shape index (κ3) is 2.04. The van der Waals surface area contributed by atoms with Crippen LogP contribution in [0.1, 0.15) is 11.3 Å². The van der Waals surface area contributed by atoms with Gasteiger partial charge in [0, 0.05) is 5.02 Å². The van der Waals surface area contributed by atoms with E-state index in [0.29, 0.717) is 16.3 Å². The van der Waals surface area contributed by atoms with Gasteiger partial charge in [-0.05, 0) is 25.1 Å². The lowest BCUT2D eigenvalue weighted by molar-refractivity contribution is 0.411. The van der Waals surface area contributed by atoms with Crippen LogP contribution in [-0.2, 0) is 0 Å². The molecule has 0 atom stereocenters. The molecule has 0 aliphatic carbocycles. The van der Waals surface area contributed by atoms with Crippen molar-refractivity contribution in [2.45, 2.75) is 6.92 Å². The van der Waals surface area contributed by atoms with Crippen molar-refractivity contribution < 1.29 is 4.74 Å². The first-order valence-corrected chi connectivity index (χ1v) is 5.65. The highest BCUT2D eigenvalue weighted by molar-refractivity contribution is 6.30. The molecule has 0 amide bonds. The Hall–Kier alpha value is -2.01. The van der Waals surface area contributed by atoms with E-state index in [1.165, 1.54) is 0 Å². The Kier molecular flexibility index (Phi) is 3.25. The van der Waals surface area contributed by atoms with Gasteiger partial charge in [0.2, 0.25) is 0 Å². The molecule has 5 nitrogen and oxygen atoms in total. The van der Waals surface area contributed by atoms with Crippen molar-refractivity contribution in [3.05, 3.63) is 40.7 Å². The Morgan fingerprint density at radius 2 is 2.22 bits per heavy atom. The van der Waals surface area contributed by atoms with Crippen LogP contribution in [0.5, 0.6) is 5.75 Å². The molecule has 0 bridgehead atoms. The van der Waals surface area contributed by atoms with Gasteiger partial charge in [0.1, 0.15) is 17.3 Å². The summed E-state index contributed by atoms with van der Waals surface area (Å²) in [7, 11) is 1.58. The fourth-order valence-electron chi connectivity index (χ4n) is 1.75. The molecule has 0 aliphatic heterocycles. The highest BCUT2D eigenvalue weighted by Gasteiger charge is 2.13. The summed E-state index contributed by atoms with van der Waals surface area (Å²) >= 11 is 5.98. The van der Waals surface area contributed by atoms with Crippen LogP contribution in [-0.4, -0.2) is 22.7 Å². The number of rotatable bonds is 3. The van der Waals surface area contributed by atoms with E-state index in [0.717, 1.165) is 11.4 Å². The maximum absolute atomic E-state index is 7.46. The average Bonchev–Trinajstić information content (AvgIpc) is 2.71. The lowest BCUT2D eigenvalue weighted by Crippen LogP contribution is -2.12. The SMILES string of the molecule is COc1ccc(Cl)cc1-n1ncc(C(=N)N)c1C. The lowest BCUT2D eigenvalue weighted by atomic mass is 10.2. The van der Waals surface area contributed by atoms with Gasteiger partial charge in [-0.15, -0.1) is 0 Å². The molecule has 1 aromatic heterocycles. The third-order valence-corrected chi connectivity index (χ3v) is 2.90. The largest absolute Gasteiger partial charge is 0.494 e. The van der Waals surface area contributed by atoms with Gasteiger partial charge in [-0.3, -0.25) is 5.41 Å². The molecular weight excluding hydrogens is 252 g/mol. The zero-order valence-corrected chi connectivity index (χ0v) is 10.8. The number of amidine groups is 1. The topological polar surface area (TPSA) is 76.9 Å². The second kappa shape index (κ2) is 4.70. The van der Waals surface area contributed by atoms with Crippen molar-refractivity contribution >= 4 is 17.4 Å². The predicted octanol–water partition coefficient (Wildman–Crippen LogP) is 2.13. The highest BCUT2D eigenvalue weighted by atomic mass is 35.5. The second-order valence-electron chi connectivity index (χ2n) is 3.79. The van der Waals surface area contributed by atoms with Crippen LogP contribution >= 0.6 is 11.6 Å². The van der Waals surface area contributed by atoms with Crippen molar-refractivity contribution in [2.75, 3.05) is 7.11 Å². The highest BCUT2D eigenvalue weighted by Crippen LogP contribution is 2.27. The fourth-order valence-corrected chi connectivity index (χ4v) is 1.91. The van der Waals surface area contributed by atoms with Crippen LogP contribution in [0.4, 0.5) is 0 Å². The molecule has 0 saturated heterocycles. The van der Waals surface area contributed by atoms with Crippen molar-refractivity contribution in [1.82, 2.24) is 9.78 Å². The molecule has 2 rings (SSSR count). The number of nitrogen functional groups attached to an aromatic ring is 1. The molecule has 1 heterocycles. The van der Waals surface area contributed by atoms with E-state index >= 15 is 0 Å². The zero-order chi connectivity index (χ0) is 13.3. The first kappa shape index (κ1) is 12.4. The summed E-state index contributed by atoms with van der Waals surface area (Å²) in [5.74, 6) is 0.639. The molecule has 0 unspecified atom stereocenters. The summed E-state index contributed by atoms with van der Waals surface area (Å²) in [4.78, 5) is 0. The Labute approximate surface area is 110 Å². The number of nitrogens with zero attached hydrogens (tertiary/aromatic N) is 2. The Bertz CT molecular complexity index is 606. The summed E-state index contributed by atoms with van der Waals surface area (Å²) in [5, 5.41) is 12.3. The number of nitrogens with one attached hydrogen (secondary N) is 1. The van der Waals surface area contributed by atoms with Gasteiger partial charge >= 0.3 is 0 Å². The van der Waals surface area contributed by atoms with E-state index in [4.69, 9.17) is 27.5 Å². The molecule has 6 heteroatoms. The molecular formula is C12H13ClN4O. The van der Waals surface area contributed by atoms with Gasteiger partial charge in [0.05, 0.1) is 24.6 Å². The molecule has 18 heavy (non-hydrogen) atoms. The molecule has 1 aromatic carbocycles. The van der Waals surface area contributed by atoms with Gasteiger partial charge < -0.3 is 10.5 Å². The molecule has 0 saturated carbocycles. The molecule has 0 aliphatic rings. The van der Waals surface area contributed by atoms with Gasteiger partial charge in [-0.25, -0.2) is 4.68 Å². The van der Waals surface area contributed by atoms with Crippen molar-refractivity contribution in [3.8, 4) is 11.4 Å². The van der Waals surface area contributed by atoms with Crippen molar-refractivity contribution in [3.63, 3.8) is 0 Å². The Morgan fingerprint density at radius 1 is 1.50 bits per heavy atom. The van der Waals surface area contributed by atoms with E-state index in [2.05, 4.69) is 5.10 Å². The van der Waals surface area contributed by atoms with Gasteiger partial charge in [-0.1, -0.05) is 11.6 Å². The second-order valence-corrected chi connectivity index (χ2v) is 4.22. The maximum atomic E-state index is 7.46. The minimum Gasteiger partial charge on any atom is -0.494 e. The van der Waals surface area contributed by atoms with E-state index in [1.54, 1.807) is 36.2 Å². The van der Waals surface area contributed by atoms with Crippen LogP contribution < -0.4 is 10.5 Å². The fraction of sp³-hybridized carbons (Fsp3) is 0.167. The van der Waals surface area contributed by atoms with Gasteiger partial charge in [0.25, 0.3) is 0 Å². The van der Waals surface area contributed by atoms with E-state index in [1.807, 2.05) is 6.92 Å². The number of benzene rings is 1. The lowest BCUT2D eigenvalue weighted by Gasteiger charge is -2.10. The van der Waals surface area contributed by atoms with E-state index < -0.39 is 0 Å². The summed E-state index contributed by atoms with van der Waals surface area (Å²) in [6.07, 6.45) is 1.55. The number of hydrogen-bond acceptors (Lipinski definition) is 3. The number of aromatic nitrogens is 2. The smallest absolute Gasteiger partial charge is 0.144 e. The van der Waals surface area contributed by atoms with Crippen LogP contribution in [0.2, 0.25) is 5.02 Å². The van der Waals surface area contributed by atoms with Crippen LogP contribution in [0, 0.1) is 12.3 Å². The van der Waals surface area contributed by atoms with E-state index in [-0.39, 0.29) is 5.84 Å². The predicted molar refractivity (Wildman–Crippen MR) is 70.9 cm³/mol. The third-order valence-electron chi connectivity index (χ3n) is 2.67. The number of methoxy groups -OCH3 is 1. The van der Waals surface area contributed by atoms with Gasteiger partial charge in [-0.2, -0.15) is 5.10 Å². The summed E-state index contributed by atoms with van der Waals surface area (Å²) in [6, 6.07) is 5.27. The summed E-state index contributed by atoms with van der Waals surface area (Å²) in [5.41, 5.74) is 7.56. The summed E-state index contributed by atoms with van der Waals surface area (Å²) < 4.78 is 6.93. The Balaban J connectivity index is 2.61. The molecule has 0 fully saturated rings. The quantitative estimate of drug-likeness (QED) is 0.659. The molecule has 0 radical (unpaired) electrons. The van der Waals surface area contributed by atoms with Crippen LogP contribution in [0.25, 0.3) is 5.69 Å². The minimum absolute atomic E-state index is 0.0141. The first-order valence-electron chi connectivity index (χ1n) is 5.27. The van der Waals surface area contributed by atoms with Gasteiger partial charge in [0.15, 0.2) is 0 Å². The molecule has 3 N–H and O–H groups in total. The summed E-state index contributed by atoms with van der Waals surface area (Å²) in [6.45, 7) is 1.84. The zero-order valence-electron chi connectivity index (χ0n) is 10.1. The molecule has 2 aromatic rings. The molecule has 94 valence electrons. The number of nitrogens with two attached hydrogens (primary N) is 1. The first-order chi connectivity index (χ1) is 8.54.